The molecule has 1 heterocycles. The van der Waals surface area contributed by atoms with E-state index in [1.165, 1.54) is 22.8 Å². The van der Waals surface area contributed by atoms with Crippen molar-refractivity contribution in [2.45, 2.75) is 12.3 Å². The van der Waals surface area contributed by atoms with Crippen LogP contribution in [0.25, 0.3) is 10.8 Å². The topological polar surface area (TPSA) is 12.0 Å². The van der Waals surface area contributed by atoms with Crippen molar-refractivity contribution in [1.29, 1.82) is 0 Å². The average molecular weight is 197 g/mol. The van der Waals surface area contributed by atoms with Crippen molar-refractivity contribution < 1.29 is 0 Å². The van der Waals surface area contributed by atoms with Gasteiger partial charge < -0.3 is 5.32 Å². The van der Waals surface area contributed by atoms with E-state index in [-0.39, 0.29) is 0 Å². The van der Waals surface area contributed by atoms with Gasteiger partial charge in [0.2, 0.25) is 0 Å². The molecule has 2 aromatic rings. The van der Waals surface area contributed by atoms with E-state index in [1.54, 1.807) is 0 Å². The van der Waals surface area contributed by atoms with Gasteiger partial charge in [0, 0.05) is 6.54 Å². The zero-order valence-corrected chi connectivity index (χ0v) is 8.74. The first-order valence-electron chi connectivity index (χ1n) is 5.63. The van der Waals surface area contributed by atoms with Crippen molar-refractivity contribution in [3.63, 3.8) is 0 Å². The lowest BCUT2D eigenvalue weighted by molar-refractivity contribution is 0.770. The van der Waals surface area contributed by atoms with E-state index in [4.69, 9.17) is 0 Å². The molecule has 1 nitrogen and oxygen atoms in total. The molecule has 15 heavy (non-hydrogen) atoms. The summed E-state index contributed by atoms with van der Waals surface area (Å²) in [6, 6.07) is 15.3. The molecule has 0 radical (unpaired) electrons. The van der Waals surface area contributed by atoms with Crippen LogP contribution in [0.2, 0.25) is 0 Å². The largest absolute Gasteiger partial charge is 0.316 e. The van der Waals surface area contributed by atoms with Crippen molar-refractivity contribution in [2.24, 2.45) is 0 Å². The fourth-order valence-corrected chi connectivity index (χ4v) is 2.53. The van der Waals surface area contributed by atoms with Crippen LogP contribution in [0.1, 0.15) is 17.9 Å². The van der Waals surface area contributed by atoms with Crippen molar-refractivity contribution in [2.75, 3.05) is 13.1 Å². The van der Waals surface area contributed by atoms with Gasteiger partial charge >= 0.3 is 0 Å². The fraction of sp³-hybridized carbons (Fsp3) is 0.286. The summed E-state index contributed by atoms with van der Waals surface area (Å²) in [6.07, 6.45) is 1.27. The maximum absolute atomic E-state index is 3.44. The van der Waals surface area contributed by atoms with Crippen LogP contribution in [0.15, 0.2) is 42.5 Å². The maximum atomic E-state index is 3.44. The lowest BCUT2D eigenvalue weighted by atomic mass is 9.93. The van der Waals surface area contributed by atoms with E-state index in [1.807, 2.05) is 0 Å². The van der Waals surface area contributed by atoms with E-state index in [2.05, 4.69) is 47.8 Å². The Morgan fingerprint density at radius 2 is 1.87 bits per heavy atom. The van der Waals surface area contributed by atoms with Gasteiger partial charge in [-0.15, -0.1) is 0 Å². The van der Waals surface area contributed by atoms with E-state index in [0.717, 1.165) is 13.1 Å². The van der Waals surface area contributed by atoms with Gasteiger partial charge in [-0.3, -0.25) is 0 Å². The summed E-state index contributed by atoms with van der Waals surface area (Å²) in [5.74, 6) is 0.705. The zero-order chi connectivity index (χ0) is 10.1. The molecule has 1 N–H and O–H groups in total. The van der Waals surface area contributed by atoms with Crippen LogP contribution in [0.4, 0.5) is 0 Å². The second-order valence-corrected chi connectivity index (χ2v) is 4.26. The normalized spacial score (nSPS) is 20.9. The second kappa shape index (κ2) is 3.67. The molecule has 1 aliphatic heterocycles. The number of fused-ring (bicyclic) bond motifs is 1. The highest BCUT2D eigenvalue weighted by Gasteiger charge is 2.17. The zero-order valence-electron chi connectivity index (χ0n) is 8.74. The molecule has 1 heteroatoms. The summed E-state index contributed by atoms with van der Waals surface area (Å²) in [4.78, 5) is 0. The predicted molar refractivity (Wildman–Crippen MR) is 64.2 cm³/mol. The molecular weight excluding hydrogens is 182 g/mol. The third-order valence-corrected chi connectivity index (χ3v) is 3.32. The number of nitrogens with one attached hydrogen (secondary N) is 1. The monoisotopic (exact) mass is 197 g/mol. The summed E-state index contributed by atoms with van der Waals surface area (Å²) >= 11 is 0. The minimum Gasteiger partial charge on any atom is -0.316 e. The fourth-order valence-electron chi connectivity index (χ4n) is 2.53. The molecule has 1 atom stereocenters. The maximum Gasteiger partial charge on any atom is 0.00208 e. The van der Waals surface area contributed by atoms with E-state index < -0.39 is 0 Å². The van der Waals surface area contributed by atoms with Crippen molar-refractivity contribution in [3.05, 3.63) is 48.0 Å². The van der Waals surface area contributed by atoms with Crippen LogP contribution >= 0.6 is 0 Å². The van der Waals surface area contributed by atoms with E-state index in [9.17, 15) is 0 Å². The van der Waals surface area contributed by atoms with Crippen LogP contribution in [0.3, 0.4) is 0 Å². The Bertz CT molecular complexity index is 464. The lowest BCUT2D eigenvalue weighted by Crippen LogP contribution is -2.08. The summed E-state index contributed by atoms with van der Waals surface area (Å²) < 4.78 is 0. The average Bonchev–Trinajstić information content (AvgIpc) is 2.82. The summed E-state index contributed by atoms with van der Waals surface area (Å²) in [7, 11) is 0. The first-order valence-corrected chi connectivity index (χ1v) is 5.63. The van der Waals surface area contributed by atoms with Crippen LogP contribution in [0, 0.1) is 0 Å². The number of hydrogen-bond donors (Lipinski definition) is 1. The molecule has 0 aromatic heterocycles. The van der Waals surface area contributed by atoms with E-state index >= 15 is 0 Å². The van der Waals surface area contributed by atoms with Gasteiger partial charge in [-0.1, -0.05) is 42.5 Å². The van der Waals surface area contributed by atoms with Gasteiger partial charge in [0.15, 0.2) is 0 Å². The van der Waals surface area contributed by atoms with Crippen LogP contribution in [0.5, 0.6) is 0 Å². The summed E-state index contributed by atoms with van der Waals surface area (Å²) in [5, 5.41) is 6.22. The molecule has 3 rings (SSSR count). The molecule has 0 aliphatic carbocycles. The van der Waals surface area contributed by atoms with Crippen molar-refractivity contribution >= 4 is 10.8 Å². The minimum absolute atomic E-state index is 0.705. The van der Waals surface area contributed by atoms with Gasteiger partial charge in [0.25, 0.3) is 0 Å². The minimum atomic E-state index is 0.705. The molecule has 1 aliphatic rings. The highest BCUT2D eigenvalue weighted by molar-refractivity contribution is 5.86. The third kappa shape index (κ3) is 1.53. The number of rotatable bonds is 1. The molecule has 0 bridgehead atoms. The summed E-state index contributed by atoms with van der Waals surface area (Å²) in [6.45, 7) is 2.29. The lowest BCUT2D eigenvalue weighted by Gasteiger charge is -2.12. The van der Waals surface area contributed by atoms with Crippen LogP contribution in [-0.2, 0) is 0 Å². The van der Waals surface area contributed by atoms with E-state index in [0.29, 0.717) is 5.92 Å². The Balaban J connectivity index is 2.16. The van der Waals surface area contributed by atoms with Crippen LogP contribution < -0.4 is 5.32 Å². The first kappa shape index (κ1) is 8.93. The molecule has 0 spiro atoms. The number of benzene rings is 2. The highest BCUT2D eigenvalue weighted by atomic mass is 14.9. The Kier molecular flexibility index (Phi) is 2.18. The number of hydrogen-bond acceptors (Lipinski definition) is 1. The molecule has 1 saturated heterocycles. The first-order chi connectivity index (χ1) is 7.45. The molecular formula is C14H15N. The Labute approximate surface area is 90.1 Å². The predicted octanol–water partition coefficient (Wildman–Crippen LogP) is 2.92. The van der Waals surface area contributed by atoms with Gasteiger partial charge in [-0.2, -0.15) is 0 Å². The van der Waals surface area contributed by atoms with Crippen LogP contribution in [-0.4, -0.2) is 13.1 Å². The highest BCUT2D eigenvalue weighted by Crippen LogP contribution is 2.29. The Morgan fingerprint density at radius 1 is 1.00 bits per heavy atom. The molecule has 0 unspecified atom stereocenters. The standard InChI is InChI=1S/C14H15N/c1-2-6-13-11(4-1)5-3-7-14(13)12-8-9-15-10-12/h1-7,12,15H,8-10H2/t12-/m1/s1. The van der Waals surface area contributed by atoms with Gasteiger partial charge in [-0.25, -0.2) is 0 Å². The van der Waals surface area contributed by atoms with Gasteiger partial charge in [0.1, 0.15) is 0 Å². The SMILES string of the molecule is c1ccc2c([C@@H]3CCNC3)cccc2c1. The molecule has 0 amide bonds. The smallest absolute Gasteiger partial charge is 0.00208 e. The van der Waals surface area contributed by atoms with Crippen molar-refractivity contribution in [3.8, 4) is 0 Å². The van der Waals surface area contributed by atoms with Gasteiger partial charge in [0.05, 0.1) is 0 Å². The molecule has 2 aromatic carbocycles. The van der Waals surface area contributed by atoms with Gasteiger partial charge in [-0.05, 0) is 35.2 Å². The molecule has 76 valence electrons. The molecule has 0 saturated carbocycles. The molecule has 1 fully saturated rings. The third-order valence-electron chi connectivity index (χ3n) is 3.32. The van der Waals surface area contributed by atoms with Crippen molar-refractivity contribution in [1.82, 2.24) is 5.32 Å². The summed E-state index contributed by atoms with van der Waals surface area (Å²) in [5.41, 5.74) is 1.51. The Morgan fingerprint density at radius 3 is 2.73 bits per heavy atom. The Hall–Kier alpha value is -1.34. The quantitative estimate of drug-likeness (QED) is 0.741. The second-order valence-electron chi connectivity index (χ2n) is 4.26.